The van der Waals surface area contributed by atoms with Crippen LogP contribution in [-0.4, -0.2) is 42.0 Å². The summed E-state index contributed by atoms with van der Waals surface area (Å²) in [5.41, 5.74) is 1.28. The zero-order chi connectivity index (χ0) is 14.1. The maximum absolute atomic E-state index is 4.48. The molecule has 1 saturated heterocycles. The molecule has 0 aromatic carbocycles. The Hall–Kier alpha value is -1.69. The highest BCUT2D eigenvalue weighted by atomic mass is 15.4. The Bertz CT molecular complexity index is 584. The van der Waals surface area contributed by atoms with Crippen molar-refractivity contribution in [2.45, 2.75) is 45.8 Å². The predicted molar refractivity (Wildman–Crippen MR) is 76.1 cm³/mol. The van der Waals surface area contributed by atoms with Crippen LogP contribution in [-0.2, 0) is 20.1 Å². The van der Waals surface area contributed by atoms with Gasteiger partial charge in [0, 0.05) is 31.4 Å². The van der Waals surface area contributed by atoms with Gasteiger partial charge in [-0.15, -0.1) is 0 Å². The summed E-state index contributed by atoms with van der Waals surface area (Å²) in [6.07, 6.45) is 6.55. The normalized spacial score (nSPS) is 19.9. The predicted octanol–water partition coefficient (Wildman–Crippen LogP) is 1.29. The second-order valence-electron chi connectivity index (χ2n) is 5.68. The summed E-state index contributed by atoms with van der Waals surface area (Å²) in [6, 6.07) is 0.551. The summed E-state index contributed by atoms with van der Waals surface area (Å²) in [5, 5.41) is 8.73. The van der Waals surface area contributed by atoms with Crippen LogP contribution < -0.4 is 0 Å². The Balaban J connectivity index is 1.67. The van der Waals surface area contributed by atoms with Crippen molar-refractivity contribution in [1.29, 1.82) is 0 Å². The van der Waals surface area contributed by atoms with Crippen LogP contribution in [0.1, 0.15) is 30.1 Å². The van der Waals surface area contributed by atoms with E-state index >= 15 is 0 Å². The molecule has 1 aliphatic rings. The average Bonchev–Trinajstić information content (AvgIpc) is 3.05. The first-order valence-electron chi connectivity index (χ1n) is 7.21. The summed E-state index contributed by atoms with van der Waals surface area (Å²) in [5.74, 6) is 1.87. The fourth-order valence-electron chi connectivity index (χ4n) is 3.03. The zero-order valence-electron chi connectivity index (χ0n) is 12.5. The van der Waals surface area contributed by atoms with Crippen LogP contribution in [0.15, 0.2) is 12.4 Å². The van der Waals surface area contributed by atoms with Gasteiger partial charge in [-0.2, -0.15) is 10.2 Å². The van der Waals surface area contributed by atoms with Crippen LogP contribution in [0.25, 0.3) is 0 Å². The van der Waals surface area contributed by atoms with Crippen LogP contribution in [0.3, 0.4) is 0 Å². The van der Waals surface area contributed by atoms with Crippen molar-refractivity contribution in [1.82, 2.24) is 29.4 Å². The maximum Gasteiger partial charge on any atom is 0.147 e. The minimum absolute atomic E-state index is 0.551. The lowest BCUT2D eigenvalue weighted by atomic mass is 10.2. The van der Waals surface area contributed by atoms with Gasteiger partial charge in [-0.1, -0.05) is 0 Å². The number of rotatable bonds is 4. The Labute approximate surface area is 119 Å². The highest BCUT2D eigenvalue weighted by molar-refractivity contribution is 5.04. The van der Waals surface area contributed by atoms with Crippen molar-refractivity contribution >= 4 is 0 Å². The first kappa shape index (κ1) is 13.3. The molecule has 0 unspecified atom stereocenters. The van der Waals surface area contributed by atoms with E-state index in [1.54, 1.807) is 0 Å². The number of likely N-dealkylation sites (tertiary alicyclic amines) is 1. The molecule has 2 aromatic heterocycles. The van der Waals surface area contributed by atoms with E-state index in [1.165, 1.54) is 18.4 Å². The van der Waals surface area contributed by atoms with Crippen molar-refractivity contribution in [3.8, 4) is 0 Å². The van der Waals surface area contributed by atoms with Crippen molar-refractivity contribution in [3.63, 3.8) is 0 Å². The lowest BCUT2D eigenvalue weighted by molar-refractivity contribution is 0.218. The van der Waals surface area contributed by atoms with Gasteiger partial charge in [0.15, 0.2) is 0 Å². The van der Waals surface area contributed by atoms with Gasteiger partial charge >= 0.3 is 0 Å². The number of hydrogen-bond acceptors (Lipinski definition) is 4. The third-order valence-corrected chi connectivity index (χ3v) is 3.99. The highest BCUT2D eigenvalue weighted by Gasteiger charge is 2.26. The van der Waals surface area contributed by atoms with E-state index in [0.29, 0.717) is 6.04 Å². The number of aryl methyl sites for hydroxylation is 3. The smallest absolute Gasteiger partial charge is 0.147 e. The zero-order valence-corrected chi connectivity index (χ0v) is 12.5. The fourth-order valence-corrected chi connectivity index (χ4v) is 3.03. The van der Waals surface area contributed by atoms with Gasteiger partial charge in [-0.05, 0) is 33.2 Å². The van der Waals surface area contributed by atoms with Crippen LogP contribution in [0.5, 0.6) is 0 Å². The van der Waals surface area contributed by atoms with Crippen LogP contribution >= 0.6 is 0 Å². The summed E-state index contributed by atoms with van der Waals surface area (Å²) < 4.78 is 3.91. The lowest BCUT2D eigenvalue weighted by Gasteiger charge is -2.24. The second-order valence-corrected chi connectivity index (χ2v) is 5.68. The molecule has 3 heterocycles. The highest BCUT2D eigenvalue weighted by Crippen LogP contribution is 2.21. The minimum atomic E-state index is 0.551. The van der Waals surface area contributed by atoms with Crippen molar-refractivity contribution in [3.05, 3.63) is 29.6 Å². The van der Waals surface area contributed by atoms with E-state index in [9.17, 15) is 0 Å². The summed E-state index contributed by atoms with van der Waals surface area (Å²) in [7, 11) is 1.96. The lowest BCUT2D eigenvalue weighted by Crippen LogP contribution is -2.33. The Morgan fingerprint density at radius 2 is 2.20 bits per heavy atom. The van der Waals surface area contributed by atoms with Crippen LogP contribution in [0.2, 0.25) is 0 Å². The van der Waals surface area contributed by atoms with Gasteiger partial charge in [-0.25, -0.2) is 9.67 Å². The number of hydrogen-bond donors (Lipinski definition) is 0. The van der Waals surface area contributed by atoms with Gasteiger partial charge in [0.05, 0.1) is 12.7 Å². The van der Waals surface area contributed by atoms with E-state index in [4.69, 9.17) is 0 Å². The number of aromatic nitrogens is 5. The van der Waals surface area contributed by atoms with Crippen molar-refractivity contribution < 1.29 is 0 Å². The first-order valence-corrected chi connectivity index (χ1v) is 7.21. The quantitative estimate of drug-likeness (QED) is 0.843. The Morgan fingerprint density at radius 3 is 2.85 bits per heavy atom. The molecule has 0 saturated carbocycles. The van der Waals surface area contributed by atoms with Crippen LogP contribution in [0, 0.1) is 13.8 Å². The average molecular weight is 274 g/mol. The second kappa shape index (κ2) is 5.36. The van der Waals surface area contributed by atoms with Gasteiger partial charge in [0.2, 0.25) is 0 Å². The topological polar surface area (TPSA) is 51.8 Å². The molecule has 0 spiro atoms. The van der Waals surface area contributed by atoms with Gasteiger partial charge < -0.3 is 0 Å². The molecule has 1 fully saturated rings. The summed E-state index contributed by atoms with van der Waals surface area (Å²) in [6.45, 7) is 7.05. The molecule has 108 valence electrons. The van der Waals surface area contributed by atoms with Gasteiger partial charge in [0.1, 0.15) is 11.6 Å². The Kier molecular flexibility index (Phi) is 3.56. The molecule has 0 bridgehead atoms. The molecular weight excluding hydrogens is 252 g/mol. The van der Waals surface area contributed by atoms with Crippen molar-refractivity contribution in [2.75, 3.05) is 6.54 Å². The maximum atomic E-state index is 4.48. The molecule has 0 amide bonds. The molecule has 6 nitrogen and oxygen atoms in total. The standard InChI is InChI=1S/C14H22N6/c1-11-16-12(2)20(17-11)10-14-5-4-6-19(14)9-13-7-15-18(3)8-13/h7-8,14H,4-6,9-10H2,1-3H3/t14-/m1/s1. The molecule has 20 heavy (non-hydrogen) atoms. The summed E-state index contributed by atoms with van der Waals surface area (Å²) >= 11 is 0. The van der Waals surface area contributed by atoms with Gasteiger partial charge in [-0.3, -0.25) is 9.58 Å². The number of nitrogens with zero attached hydrogens (tertiary/aromatic N) is 6. The van der Waals surface area contributed by atoms with E-state index in [1.807, 2.05) is 36.5 Å². The van der Waals surface area contributed by atoms with E-state index < -0.39 is 0 Å². The van der Waals surface area contributed by atoms with Gasteiger partial charge in [0.25, 0.3) is 0 Å². The molecule has 1 atom stereocenters. The molecule has 0 radical (unpaired) electrons. The minimum Gasteiger partial charge on any atom is -0.294 e. The molecule has 0 aliphatic carbocycles. The largest absolute Gasteiger partial charge is 0.294 e. The van der Waals surface area contributed by atoms with Crippen molar-refractivity contribution in [2.24, 2.45) is 7.05 Å². The molecule has 1 aliphatic heterocycles. The summed E-state index contributed by atoms with van der Waals surface area (Å²) in [4.78, 5) is 6.92. The molecular formula is C14H22N6. The fraction of sp³-hybridized carbons (Fsp3) is 0.643. The molecule has 6 heteroatoms. The monoisotopic (exact) mass is 274 g/mol. The first-order chi connectivity index (χ1) is 9.61. The van der Waals surface area contributed by atoms with E-state index in [-0.39, 0.29) is 0 Å². The Morgan fingerprint density at radius 1 is 1.35 bits per heavy atom. The molecule has 3 rings (SSSR count). The third-order valence-electron chi connectivity index (χ3n) is 3.99. The van der Waals surface area contributed by atoms with E-state index in [2.05, 4.69) is 26.3 Å². The molecule has 0 N–H and O–H groups in total. The van der Waals surface area contributed by atoms with E-state index in [0.717, 1.165) is 31.3 Å². The SMILES string of the molecule is Cc1nc(C)n(C[C@H]2CCCN2Cc2cnn(C)c2)n1. The molecule has 2 aromatic rings. The van der Waals surface area contributed by atoms with Crippen LogP contribution in [0.4, 0.5) is 0 Å². The third kappa shape index (κ3) is 2.75.